The third kappa shape index (κ3) is 2.00. The second-order valence-electron chi connectivity index (χ2n) is 3.33. The molecule has 0 fully saturated rings. The molecule has 0 aliphatic carbocycles. The van der Waals surface area contributed by atoms with E-state index in [2.05, 4.69) is 0 Å². The monoisotopic (exact) mass is 221 g/mol. The van der Waals surface area contributed by atoms with Crippen molar-refractivity contribution >= 4 is 27.5 Å². The molecule has 0 spiro atoms. The maximum absolute atomic E-state index is 10.8. The molecule has 3 nitrogen and oxygen atoms in total. The molecule has 0 radical (unpaired) electrons. The van der Waals surface area contributed by atoms with Crippen molar-refractivity contribution in [1.82, 2.24) is 0 Å². The van der Waals surface area contributed by atoms with Crippen LogP contribution in [0.3, 0.4) is 0 Å². The number of nitrogen functional groups attached to an aromatic ring is 1. The Balaban J connectivity index is 2.66. The summed E-state index contributed by atoms with van der Waals surface area (Å²) in [5.74, 6) is 0.140. The van der Waals surface area contributed by atoms with Gasteiger partial charge >= 0.3 is 0 Å². The van der Waals surface area contributed by atoms with E-state index in [-0.39, 0.29) is 5.75 Å². The van der Waals surface area contributed by atoms with Crippen LogP contribution in [0, 0.1) is 0 Å². The summed E-state index contributed by atoms with van der Waals surface area (Å²) in [5.41, 5.74) is 7.36. The molecular weight excluding hydrogens is 210 g/mol. The zero-order chi connectivity index (χ0) is 10.8. The lowest BCUT2D eigenvalue weighted by Crippen LogP contribution is -1.96. The molecule has 0 heterocycles. The third-order valence-electron chi connectivity index (χ3n) is 2.33. The maximum Gasteiger partial charge on any atom is 0.157 e. The van der Waals surface area contributed by atoms with E-state index in [1.165, 1.54) is 0 Å². The van der Waals surface area contributed by atoms with Crippen molar-refractivity contribution in [2.24, 2.45) is 0 Å². The molecule has 1 atom stereocenters. The van der Waals surface area contributed by atoms with Crippen LogP contribution in [-0.2, 0) is 16.8 Å². The Morgan fingerprint density at radius 1 is 1.13 bits per heavy atom. The highest BCUT2D eigenvalue weighted by molar-refractivity contribution is 7.78. The molecule has 0 aliphatic heterocycles. The third-order valence-corrected chi connectivity index (χ3v) is 2.89. The first kappa shape index (κ1) is 10.1. The number of anilines is 1. The molecule has 78 valence electrons. The van der Waals surface area contributed by atoms with Crippen LogP contribution in [0.1, 0.15) is 5.56 Å². The van der Waals surface area contributed by atoms with E-state index in [1.54, 1.807) is 12.1 Å². The molecule has 0 saturated heterocycles. The van der Waals surface area contributed by atoms with Crippen LogP contribution < -0.4 is 5.73 Å². The van der Waals surface area contributed by atoms with Gasteiger partial charge in [0.15, 0.2) is 11.1 Å². The molecule has 0 amide bonds. The topological polar surface area (TPSA) is 63.3 Å². The summed E-state index contributed by atoms with van der Waals surface area (Å²) in [6.07, 6.45) is 0. The first-order chi connectivity index (χ1) is 7.18. The number of hydrogen-bond donors (Lipinski definition) is 2. The van der Waals surface area contributed by atoms with Crippen LogP contribution in [0.25, 0.3) is 10.8 Å². The van der Waals surface area contributed by atoms with Crippen LogP contribution in [0.4, 0.5) is 5.69 Å². The van der Waals surface area contributed by atoms with Crippen LogP contribution >= 0.6 is 0 Å². The van der Waals surface area contributed by atoms with E-state index >= 15 is 0 Å². The number of fused-ring (bicyclic) bond motifs is 1. The second kappa shape index (κ2) is 4.00. The summed E-state index contributed by atoms with van der Waals surface area (Å²) in [7, 11) is 0. The standard InChI is InChI=1S/C11H11NO2S/c12-11-6-5-8(7-15(13)14)9-3-1-2-4-10(9)11/h1-6H,7,12H2,(H,13,14). The lowest BCUT2D eigenvalue weighted by atomic mass is 10.0. The lowest BCUT2D eigenvalue weighted by Gasteiger charge is -2.06. The SMILES string of the molecule is Nc1ccc(CS(=O)O)c2ccccc12. The predicted molar refractivity (Wildman–Crippen MR) is 62.8 cm³/mol. The second-order valence-corrected chi connectivity index (χ2v) is 4.26. The molecule has 15 heavy (non-hydrogen) atoms. The fourth-order valence-corrected chi connectivity index (χ4v) is 2.16. The largest absolute Gasteiger partial charge is 0.398 e. The fraction of sp³-hybridized carbons (Fsp3) is 0.0909. The van der Waals surface area contributed by atoms with Gasteiger partial charge < -0.3 is 10.3 Å². The summed E-state index contributed by atoms with van der Waals surface area (Å²) < 4.78 is 19.7. The number of benzene rings is 2. The van der Waals surface area contributed by atoms with Gasteiger partial charge in [-0.25, -0.2) is 4.21 Å². The molecule has 4 heteroatoms. The zero-order valence-electron chi connectivity index (χ0n) is 8.01. The summed E-state index contributed by atoms with van der Waals surface area (Å²) in [4.78, 5) is 0. The highest BCUT2D eigenvalue weighted by atomic mass is 32.2. The van der Waals surface area contributed by atoms with E-state index in [0.29, 0.717) is 5.69 Å². The van der Waals surface area contributed by atoms with Gasteiger partial charge in [-0.05, 0) is 17.0 Å². The van der Waals surface area contributed by atoms with E-state index < -0.39 is 11.1 Å². The summed E-state index contributed by atoms with van der Waals surface area (Å²) >= 11 is -1.82. The maximum atomic E-state index is 10.8. The fourth-order valence-electron chi connectivity index (χ4n) is 1.64. The molecule has 1 unspecified atom stereocenters. The normalized spacial score (nSPS) is 12.9. The van der Waals surface area contributed by atoms with E-state index in [4.69, 9.17) is 10.3 Å². The molecule has 2 aromatic rings. The average Bonchev–Trinajstić information content (AvgIpc) is 2.22. The van der Waals surface area contributed by atoms with Gasteiger partial charge in [0.1, 0.15) is 0 Å². The number of rotatable bonds is 2. The molecule has 0 aromatic heterocycles. The predicted octanol–water partition coefficient (Wildman–Crippen LogP) is 2.14. The van der Waals surface area contributed by atoms with Crippen molar-refractivity contribution in [3.63, 3.8) is 0 Å². The van der Waals surface area contributed by atoms with Gasteiger partial charge in [0.2, 0.25) is 0 Å². The van der Waals surface area contributed by atoms with Gasteiger partial charge in [-0.2, -0.15) is 0 Å². The van der Waals surface area contributed by atoms with Crippen molar-refractivity contribution in [3.8, 4) is 0 Å². The number of hydrogen-bond acceptors (Lipinski definition) is 2. The minimum absolute atomic E-state index is 0.140. The van der Waals surface area contributed by atoms with Gasteiger partial charge in [-0.1, -0.05) is 30.3 Å². The first-order valence-electron chi connectivity index (χ1n) is 4.52. The molecule has 0 bridgehead atoms. The highest BCUT2D eigenvalue weighted by Crippen LogP contribution is 2.25. The summed E-state index contributed by atoms with van der Waals surface area (Å²) in [6.45, 7) is 0. The van der Waals surface area contributed by atoms with Crippen molar-refractivity contribution < 1.29 is 8.76 Å². The van der Waals surface area contributed by atoms with Crippen LogP contribution in [0.15, 0.2) is 36.4 Å². The molecule has 0 aliphatic rings. The Kier molecular flexibility index (Phi) is 2.70. The highest BCUT2D eigenvalue weighted by Gasteiger charge is 2.05. The van der Waals surface area contributed by atoms with Crippen molar-refractivity contribution in [1.29, 1.82) is 0 Å². The Hall–Kier alpha value is -1.39. The van der Waals surface area contributed by atoms with Crippen molar-refractivity contribution in [2.75, 3.05) is 5.73 Å². The first-order valence-corrected chi connectivity index (χ1v) is 5.79. The number of nitrogens with two attached hydrogens (primary N) is 1. The molecule has 2 aromatic carbocycles. The van der Waals surface area contributed by atoms with Gasteiger partial charge in [-0.15, -0.1) is 0 Å². The zero-order valence-corrected chi connectivity index (χ0v) is 8.83. The quantitative estimate of drug-likeness (QED) is 0.603. The molecule has 3 N–H and O–H groups in total. The summed E-state index contributed by atoms with van der Waals surface area (Å²) in [6, 6.07) is 11.2. The Morgan fingerprint density at radius 3 is 2.47 bits per heavy atom. The lowest BCUT2D eigenvalue weighted by molar-refractivity contribution is 0.563. The van der Waals surface area contributed by atoms with Crippen LogP contribution in [0.2, 0.25) is 0 Å². The van der Waals surface area contributed by atoms with Crippen molar-refractivity contribution in [2.45, 2.75) is 5.75 Å². The Morgan fingerprint density at radius 2 is 1.80 bits per heavy atom. The van der Waals surface area contributed by atoms with Gasteiger partial charge in [0, 0.05) is 11.1 Å². The smallest absolute Gasteiger partial charge is 0.157 e. The van der Waals surface area contributed by atoms with E-state index in [9.17, 15) is 4.21 Å². The minimum Gasteiger partial charge on any atom is -0.398 e. The molecule has 2 rings (SSSR count). The average molecular weight is 221 g/mol. The Labute approximate surface area is 90.2 Å². The van der Waals surface area contributed by atoms with Crippen LogP contribution in [0.5, 0.6) is 0 Å². The molecule has 0 saturated carbocycles. The van der Waals surface area contributed by atoms with Crippen LogP contribution in [-0.4, -0.2) is 8.76 Å². The molecular formula is C11H11NO2S. The van der Waals surface area contributed by atoms with Crippen molar-refractivity contribution in [3.05, 3.63) is 42.0 Å². The van der Waals surface area contributed by atoms with E-state index in [0.717, 1.165) is 16.3 Å². The van der Waals surface area contributed by atoms with Gasteiger partial charge in [-0.3, -0.25) is 0 Å². The van der Waals surface area contributed by atoms with Gasteiger partial charge in [0.05, 0.1) is 5.75 Å². The van der Waals surface area contributed by atoms with Gasteiger partial charge in [0.25, 0.3) is 0 Å². The minimum atomic E-state index is -1.82. The van der Waals surface area contributed by atoms with E-state index in [1.807, 2.05) is 24.3 Å². The Bertz CT molecular complexity index is 525. The summed E-state index contributed by atoms with van der Waals surface area (Å²) in [5, 5.41) is 1.88.